The van der Waals surface area contributed by atoms with Crippen LogP contribution in [0.25, 0.3) is 0 Å². The van der Waals surface area contributed by atoms with Crippen LogP contribution in [0.5, 0.6) is 0 Å². The van der Waals surface area contributed by atoms with Gasteiger partial charge in [-0.3, -0.25) is 9.69 Å². The quantitative estimate of drug-likeness (QED) is 0.818. The van der Waals surface area contributed by atoms with Crippen LogP contribution < -0.4 is 5.32 Å². The van der Waals surface area contributed by atoms with Crippen molar-refractivity contribution in [3.63, 3.8) is 0 Å². The Kier molecular flexibility index (Phi) is 7.02. The molecule has 0 aliphatic carbocycles. The van der Waals surface area contributed by atoms with Crippen LogP contribution in [0.2, 0.25) is 0 Å². The molecule has 0 spiro atoms. The van der Waals surface area contributed by atoms with Crippen LogP contribution in [0.3, 0.4) is 0 Å². The second-order valence-electron chi connectivity index (χ2n) is 7.50. The minimum atomic E-state index is 0.243. The van der Waals surface area contributed by atoms with Gasteiger partial charge in [-0.25, -0.2) is 0 Å². The van der Waals surface area contributed by atoms with Gasteiger partial charge in [-0.05, 0) is 11.1 Å². The number of carbonyl (C=O) groups is 1. The maximum Gasteiger partial charge on any atom is 0.223 e. The maximum atomic E-state index is 12.5. The highest BCUT2D eigenvalue weighted by atomic mass is 16.2. The highest BCUT2D eigenvalue weighted by Crippen LogP contribution is 2.29. The Morgan fingerprint density at radius 2 is 1.41 bits per heavy atom. The number of hydrogen-bond acceptors (Lipinski definition) is 3. The number of benzene rings is 2. The fourth-order valence-electron chi connectivity index (χ4n) is 3.74. The zero-order valence-electron chi connectivity index (χ0n) is 16.5. The number of hydrogen-bond donors (Lipinski definition) is 1. The first kappa shape index (κ1) is 19.6. The first-order valence-corrected chi connectivity index (χ1v) is 10.0. The molecule has 1 aliphatic rings. The third-order valence-electron chi connectivity index (χ3n) is 5.15. The lowest BCUT2D eigenvalue weighted by Crippen LogP contribution is -2.50. The second kappa shape index (κ2) is 9.67. The number of nitrogens with zero attached hydrogens (tertiary/aromatic N) is 2. The molecule has 1 heterocycles. The van der Waals surface area contributed by atoms with E-state index in [-0.39, 0.29) is 11.9 Å². The Labute approximate surface area is 163 Å². The summed E-state index contributed by atoms with van der Waals surface area (Å²) in [6, 6.07) is 22.0. The smallest absolute Gasteiger partial charge is 0.223 e. The summed E-state index contributed by atoms with van der Waals surface area (Å²) in [5.74, 6) is 0.263. The van der Waals surface area contributed by atoms with Gasteiger partial charge in [-0.1, -0.05) is 74.5 Å². The van der Waals surface area contributed by atoms with E-state index in [4.69, 9.17) is 0 Å². The van der Waals surface area contributed by atoms with Gasteiger partial charge in [0.05, 0.1) is 6.04 Å². The Morgan fingerprint density at radius 1 is 0.889 bits per heavy atom. The van der Waals surface area contributed by atoms with Crippen molar-refractivity contribution < 1.29 is 4.79 Å². The highest BCUT2D eigenvalue weighted by Gasteiger charge is 2.27. The average Bonchev–Trinajstić information content (AvgIpc) is 2.70. The van der Waals surface area contributed by atoms with Gasteiger partial charge >= 0.3 is 0 Å². The van der Waals surface area contributed by atoms with Crippen LogP contribution in [-0.4, -0.2) is 54.5 Å². The molecule has 1 amide bonds. The maximum absolute atomic E-state index is 12.5. The Hall–Kier alpha value is -2.17. The molecule has 1 saturated heterocycles. The van der Waals surface area contributed by atoms with Gasteiger partial charge < -0.3 is 10.2 Å². The molecule has 144 valence electrons. The first-order chi connectivity index (χ1) is 13.1. The molecule has 0 unspecified atom stereocenters. The van der Waals surface area contributed by atoms with Crippen molar-refractivity contribution in [2.75, 3.05) is 32.7 Å². The SMILES string of the molecule is CC(C)NCCC(=O)N1CCN(C(c2ccccc2)c2ccccc2)CC1. The van der Waals surface area contributed by atoms with Crippen molar-refractivity contribution in [2.45, 2.75) is 32.4 Å². The molecule has 0 saturated carbocycles. The third kappa shape index (κ3) is 5.41. The van der Waals surface area contributed by atoms with Crippen molar-refractivity contribution in [1.82, 2.24) is 15.1 Å². The van der Waals surface area contributed by atoms with Gasteiger partial charge in [0.15, 0.2) is 0 Å². The van der Waals surface area contributed by atoms with Crippen molar-refractivity contribution >= 4 is 5.91 Å². The fourth-order valence-corrected chi connectivity index (χ4v) is 3.74. The minimum Gasteiger partial charge on any atom is -0.340 e. The third-order valence-corrected chi connectivity index (χ3v) is 5.15. The zero-order valence-corrected chi connectivity index (χ0v) is 16.5. The number of nitrogens with one attached hydrogen (secondary N) is 1. The number of amides is 1. The summed E-state index contributed by atoms with van der Waals surface area (Å²) >= 11 is 0. The van der Waals surface area contributed by atoms with Crippen LogP contribution in [0.15, 0.2) is 60.7 Å². The first-order valence-electron chi connectivity index (χ1n) is 10.0. The lowest BCUT2D eigenvalue weighted by Gasteiger charge is -2.40. The van der Waals surface area contributed by atoms with Gasteiger partial charge in [0.25, 0.3) is 0 Å². The summed E-state index contributed by atoms with van der Waals surface area (Å²) in [5, 5.41) is 3.33. The molecular weight excluding hydrogens is 334 g/mol. The number of carbonyl (C=O) groups excluding carboxylic acids is 1. The molecule has 2 aromatic carbocycles. The monoisotopic (exact) mass is 365 g/mol. The number of piperazine rings is 1. The van der Waals surface area contributed by atoms with Gasteiger partial charge in [0.1, 0.15) is 0 Å². The van der Waals surface area contributed by atoms with E-state index in [9.17, 15) is 4.79 Å². The molecule has 4 nitrogen and oxygen atoms in total. The lowest BCUT2D eigenvalue weighted by atomic mass is 9.96. The molecule has 0 aromatic heterocycles. The summed E-state index contributed by atoms with van der Waals surface area (Å²) in [5.41, 5.74) is 2.62. The van der Waals surface area contributed by atoms with Crippen molar-refractivity contribution in [3.8, 4) is 0 Å². The highest BCUT2D eigenvalue weighted by molar-refractivity contribution is 5.76. The zero-order chi connectivity index (χ0) is 19.1. The molecule has 3 rings (SSSR count). The topological polar surface area (TPSA) is 35.6 Å². The number of rotatable bonds is 7. The van der Waals surface area contributed by atoms with E-state index in [0.717, 1.165) is 32.7 Å². The van der Waals surface area contributed by atoms with Crippen molar-refractivity contribution in [3.05, 3.63) is 71.8 Å². The molecule has 1 N–H and O–H groups in total. The van der Waals surface area contributed by atoms with E-state index >= 15 is 0 Å². The molecular formula is C23H31N3O. The van der Waals surface area contributed by atoms with Crippen LogP contribution in [0.4, 0.5) is 0 Å². The van der Waals surface area contributed by atoms with Crippen LogP contribution in [0, 0.1) is 0 Å². The summed E-state index contributed by atoms with van der Waals surface area (Å²) in [6.45, 7) is 8.38. The molecule has 2 aromatic rings. The second-order valence-corrected chi connectivity index (χ2v) is 7.50. The van der Waals surface area contributed by atoms with Gasteiger partial charge in [0, 0.05) is 45.2 Å². The van der Waals surface area contributed by atoms with E-state index in [0.29, 0.717) is 12.5 Å². The fraction of sp³-hybridized carbons (Fsp3) is 0.435. The Bertz CT molecular complexity index is 655. The molecule has 0 bridgehead atoms. The molecule has 1 aliphatic heterocycles. The van der Waals surface area contributed by atoms with Gasteiger partial charge in [-0.15, -0.1) is 0 Å². The van der Waals surface area contributed by atoms with Crippen LogP contribution in [-0.2, 0) is 4.79 Å². The molecule has 4 heteroatoms. The summed E-state index contributed by atoms with van der Waals surface area (Å²) in [4.78, 5) is 17.0. The predicted molar refractivity (Wildman–Crippen MR) is 111 cm³/mol. The predicted octanol–water partition coefficient (Wildman–Crippen LogP) is 3.31. The largest absolute Gasteiger partial charge is 0.340 e. The summed E-state index contributed by atoms with van der Waals surface area (Å²) in [6.07, 6.45) is 0.582. The molecule has 27 heavy (non-hydrogen) atoms. The minimum absolute atomic E-state index is 0.243. The van der Waals surface area contributed by atoms with Gasteiger partial charge in [-0.2, -0.15) is 0 Å². The summed E-state index contributed by atoms with van der Waals surface area (Å²) < 4.78 is 0. The molecule has 0 radical (unpaired) electrons. The normalized spacial score (nSPS) is 15.5. The van der Waals surface area contributed by atoms with E-state index in [1.807, 2.05) is 4.90 Å². The van der Waals surface area contributed by atoms with Crippen LogP contribution in [0.1, 0.15) is 37.4 Å². The average molecular weight is 366 g/mol. The Balaban J connectivity index is 1.64. The van der Waals surface area contributed by atoms with Gasteiger partial charge in [0.2, 0.25) is 5.91 Å². The van der Waals surface area contributed by atoms with Crippen LogP contribution >= 0.6 is 0 Å². The van der Waals surface area contributed by atoms with Crippen molar-refractivity contribution in [2.24, 2.45) is 0 Å². The molecule has 1 fully saturated rings. The Morgan fingerprint density at radius 3 is 1.89 bits per heavy atom. The standard InChI is InChI=1S/C23H31N3O/c1-19(2)24-14-13-22(27)25-15-17-26(18-16-25)23(20-9-5-3-6-10-20)21-11-7-4-8-12-21/h3-12,19,23-24H,13-18H2,1-2H3. The van der Waals surface area contributed by atoms with Crippen molar-refractivity contribution in [1.29, 1.82) is 0 Å². The molecule has 0 atom stereocenters. The lowest BCUT2D eigenvalue weighted by molar-refractivity contribution is -0.133. The van der Waals surface area contributed by atoms with E-state index in [2.05, 4.69) is 84.7 Å². The van der Waals surface area contributed by atoms with E-state index < -0.39 is 0 Å². The van der Waals surface area contributed by atoms with E-state index in [1.54, 1.807) is 0 Å². The van der Waals surface area contributed by atoms with E-state index in [1.165, 1.54) is 11.1 Å². The summed E-state index contributed by atoms with van der Waals surface area (Å²) in [7, 11) is 0.